The molecule has 26 heavy (non-hydrogen) atoms. The van der Waals surface area contributed by atoms with Gasteiger partial charge < -0.3 is 10.1 Å². The van der Waals surface area contributed by atoms with Crippen molar-refractivity contribution in [2.45, 2.75) is 4.90 Å². The molecule has 4 nitrogen and oxygen atoms in total. The molecule has 0 aliphatic heterocycles. The van der Waals surface area contributed by atoms with Gasteiger partial charge in [0.1, 0.15) is 5.69 Å². The normalized spacial score (nSPS) is 9.50. The fourth-order valence-corrected chi connectivity index (χ4v) is 2.23. The van der Waals surface area contributed by atoms with Crippen LogP contribution in [0.25, 0.3) is 11.3 Å². The van der Waals surface area contributed by atoms with E-state index in [4.69, 9.17) is 5.11 Å². The van der Waals surface area contributed by atoms with Crippen LogP contribution < -0.4 is 0 Å². The molecular weight excluding hydrogens is 541 g/mol. The van der Waals surface area contributed by atoms with Crippen LogP contribution in [-0.4, -0.2) is 27.3 Å². The predicted molar refractivity (Wildman–Crippen MR) is 91.4 cm³/mol. The van der Waals surface area contributed by atoms with E-state index in [0.29, 0.717) is 5.69 Å². The van der Waals surface area contributed by atoms with Crippen molar-refractivity contribution in [2.24, 2.45) is 0 Å². The van der Waals surface area contributed by atoms with Crippen molar-refractivity contribution < 1.29 is 39.7 Å². The van der Waals surface area contributed by atoms with Crippen LogP contribution in [0.3, 0.4) is 0 Å². The summed E-state index contributed by atoms with van der Waals surface area (Å²) in [5.74, 6) is -2.27. The molecule has 0 radical (unpaired) electrons. The number of aromatic carboxylic acids is 1. The van der Waals surface area contributed by atoms with Gasteiger partial charge in [-0.05, 0) is 30.1 Å². The molecule has 1 aromatic carbocycles. The first kappa shape index (κ1) is 21.9. The number of nitrogens with zero attached hydrogens (tertiary/aromatic N) is 2. The molecule has 2 heterocycles. The zero-order valence-electron chi connectivity index (χ0n) is 13.4. The van der Waals surface area contributed by atoms with Gasteiger partial charge in [-0.2, -0.15) is 0 Å². The van der Waals surface area contributed by atoms with Gasteiger partial charge in [-0.3, -0.25) is 8.78 Å². The van der Waals surface area contributed by atoms with E-state index in [0.717, 1.165) is 17.0 Å². The van der Waals surface area contributed by atoms with Gasteiger partial charge >= 0.3 is 5.97 Å². The first-order valence-electron chi connectivity index (χ1n) is 7.02. The molecule has 0 saturated heterocycles. The van der Waals surface area contributed by atoms with E-state index >= 15 is 0 Å². The molecule has 0 aliphatic rings. The van der Waals surface area contributed by atoms with Crippen molar-refractivity contribution >= 4 is 17.7 Å². The number of pyridine rings is 2. The third kappa shape index (κ3) is 6.32. The molecule has 0 fully saturated rings. The number of carbonyl (C=O) groups is 1. The van der Waals surface area contributed by atoms with Crippen molar-refractivity contribution in [3.05, 3.63) is 78.3 Å². The maximum atomic E-state index is 13.5. The summed E-state index contributed by atoms with van der Waals surface area (Å²) in [6.07, 6.45) is 4.96. The Labute approximate surface area is 168 Å². The largest absolute Gasteiger partial charge is 0.477 e. The number of hydrogen-bond acceptors (Lipinski definition) is 4. The topological polar surface area (TPSA) is 63.1 Å². The Hall–Kier alpha value is -2.11. The van der Waals surface area contributed by atoms with Crippen molar-refractivity contribution in [2.75, 3.05) is 6.26 Å². The van der Waals surface area contributed by atoms with Gasteiger partial charge in [0.15, 0.2) is 0 Å². The summed E-state index contributed by atoms with van der Waals surface area (Å²) in [7, 11) is 0. The number of rotatable bonds is 3. The van der Waals surface area contributed by atoms with Crippen molar-refractivity contribution in [3.63, 3.8) is 0 Å². The van der Waals surface area contributed by atoms with E-state index < -0.39 is 17.6 Å². The Balaban J connectivity index is 0.000000290. The zero-order chi connectivity index (χ0) is 18.2. The van der Waals surface area contributed by atoms with E-state index in [-0.39, 0.29) is 32.3 Å². The predicted octanol–water partition coefficient (Wildman–Crippen LogP) is 4.33. The van der Waals surface area contributed by atoms with Gasteiger partial charge in [0, 0.05) is 50.0 Å². The maximum absolute atomic E-state index is 13.5. The van der Waals surface area contributed by atoms with Crippen molar-refractivity contribution in [1.29, 1.82) is 0 Å². The summed E-state index contributed by atoms with van der Waals surface area (Å²) in [5, 5.41) is 8.32. The summed E-state index contributed by atoms with van der Waals surface area (Å²) in [6.45, 7) is 0. The first-order valence-corrected chi connectivity index (χ1v) is 8.25. The van der Waals surface area contributed by atoms with Gasteiger partial charge in [0.05, 0.1) is 0 Å². The minimum absolute atomic E-state index is 0. The van der Waals surface area contributed by atoms with Crippen molar-refractivity contribution in [3.8, 4) is 11.3 Å². The Morgan fingerprint density at radius 1 is 1.15 bits per heavy atom. The molecule has 0 amide bonds. The summed E-state index contributed by atoms with van der Waals surface area (Å²) in [4.78, 5) is 18.7. The van der Waals surface area contributed by atoms with Crippen LogP contribution in [0.15, 0.2) is 59.8 Å². The Bertz CT molecular complexity index is 867. The quantitative estimate of drug-likeness (QED) is 0.386. The minimum atomic E-state index is -0.990. The second-order valence-electron chi connectivity index (χ2n) is 4.64. The van der Waals surface area contributed by atoms with E-state index in [1.165, 1.54) is 24.0 Å². The average molecular weight is 554 g/mol. The van der Waals surface area contributed by atoms with Gasteiger partial charge in [0.25, 0.3) is 0 Å². The fraction of sp³-hybridized carbons (Fsp3) is 0.0556. The summed E-state index contributed by atoms with van der Waals surface area (Å²) in [6, 6.07) is 12.8. The van der Waals surface area contributed by atoms with Gasteiger partial charge in [-0.1, -0.05) is 23.8 Å². The number of halogens is 2. The molecule has 0 atom stereocenters. The number of thioether (sulfide) groups is 1. The van der Waals surface area contributed by atoms with E-state index in [1.807, 2.05) is 12.3 Å². The molecule has 0 aliphatic carbocycles. The SMILES string of the molecule is CSc1ccnc(-c2[c-]cc(F)cc2F)c1.O=C(O)c1ccccn1.[Pt]. The molecule has 3 rings (SSSR count). The summed E-state index contributed by atoms with van der Waals surface area (Å²) in [5.41, 5.74) is 0.735. The minimum Gasteiger partial charge on any atom is -0.477 e. The zero-order valence-corrected chi connectivity index (χ0v) is 16.5. The van der Waals surface area contributed by atoms with E-state index in [1.54, 1.807) is 24.4 Å². The third-order valence-electron chi connectivity index (χ3n) is 2.97. The fourth-order valence-electron chi connectivity index (χ4n) is 1.81. The molecule has 138 valence electrons. The Kier molecular flexibility index (Phi) is 9.10. The van der Waals surface area contributed by atoms with Gasteiger partial charge in [-0.25, -0.2) is 9.78 Å². The van der Waals surface area contributed by atoms with E-state index in [9.17, 15) is 13.6 Å². The number of carboxylic acid groups (broad SMARTS) is 1. The van der Waals surface area contributed by atoms with Gasteiger partial charge in [0.2, 0.25) is 0 Å². The number of carboxylic acids is 1. The monoisotopic (exact) mass is 554 g/mol. The Morgan fingerprint density at radius 2 is 1.92 bits per heavy atom. The molecule has 0 saturated carbocycles. The molecule has 0 unspecified atom stereocenters. The van der Waals surface area contributed by atoms with Crippen LogP contribution in [0, 0.1) is 17.7 Å². The van der Waals surface area contributed by atoms with Crippen LogP contribution in [0.1, 0.15) is 10.5 Å². The maximum Gasteiger partial charge on any atom is 0.354 e. The standard InChI is InChI=1S/C12H8F2NS.C6H5NO2.Pt/c1-16-9-4-5-15-12(7-9)10-3-2-8(13)6-11(10)14;8-6(9)5-3-1-2-4-7-5;/h2,4-7H,1H3;1-4H,(H,8,9);/q-1;;. The first-order chi connectivity index (χ1) is 12.0. The number of hydrogen-bond donors (Lipinski definition) is 1. The van der Waals surface area contributed by atoms with Crippen LogP contribution in [0.5, 0.6) is 0 Å². The second-order valence-corrected chi connectivity index (χ2v) is 5.52. The second kappa shape index (κ2) is 10.8. The van der Waals surface area contributed by atoms with Crippen molar-refractivity contribution in [1.82, 2.24) is 9.97 Å². The summed E-state index contributed by atoms with van der Waals surface area (Å²) >= 11 is 1.54. The summed E-state index contributed by atoms with van der Waals surface area (Å²) < 4.78 is 26.2. The molecular formula is C18H13F2N2O2PtS-. The molecule has 0 bridgehead atoms. The molecule has 8 heteroatoms. The van der Waals surface area contributed by atoms with Gasteiger partial charge in [-0.15, -0.1) is 23.9 Å². The molecule has 0 spiro atoms. The van der Waals surface area contributed by atoms with E-state index in [2.05, 4.69) is 16.0 Å². The van der Waals surface area contributed by atoms with Crippen LogP contribution in [0.4, 0.5) is 8.78 Å². The molecule has 3 aromatic rings. The van der Waals surface area contributed by atoms with Crippen LogP contribution in [-0.2, 0) is 21.1 Å². The number of aromatic nitrogens is 2. The van der Waals surface area contributed by atoms with Crippen LogP contribution >= 0.6 is 11.8 Å². The average Bonchev–Trinajstić information content (AvgIpc) is 2.63. The van der Waals surface area contributed by atoms with Crippen LogP contribution in [0.2, 0.25) is 0 Å². The third-order valence-corrected chi connectivity index (χ3v) is 3.69. The molecule has 1 N–H and O–H groups in total. The molecule has 2 aromatic heterocycles. The smallest absolute Gasteiger partial charge is 0.354 e. The Morgan fingerprint density at radius 3 is 2.46 bits per heavy atom. The number of benzene rings is 1.